The summed E-state index contributed by atoms with van der Waals surface area (Å²) in [5.41, 5.74) is 0.820. The molecule has 26 heavy (non-hydrogen) atoms. The Morgan fingerprint density at radius 1 is 1.19 bits per heavy atom. The van der Waals surface area contributed by atoms with Gasteiger partial charge in [0.15, 0.2) is 6.10 Å². The summed E-state index contributed by atoms with van der Waals surface area (Å²) >= 11 is 0. The Labute approximate surface area is 147 Å². The van der Waals surface area contributed by atoms with Crippen molar-refractivity contribution in [3.63, 3.8) is 0 Å². The molecule has 1 aromatic carbocycles. The van der Waals surface area contributed by atoms with Gasteiger partial charge in [-0.25, -0.2) is 4.79 Å². The molecule has 0 saturated carbocycles. The molecule has 0 N–H and O–H groups in total. The molecule has 0 unspecified atom stereocenters. The maximum absolute atomic E-state index is 12.2. The molecule has 2 aromatic heterocycles. The van der Waals surface area contributed by atoms with Gasteiger partial charge in [-0.15, -0.1) is 10.2 Å². The van der Waals surface area contributed by atoms with Crippen molar-refractivity contribution in [1.29, 1.82) is 0 Å². The van der Waals surface area contributed by atoms with E-state index in [4.69, 9.17) is 13.6 Å². The fourth-order valence-corrected chi connectivity index (χ4v) is 2.35. The molecule has 1 atom stereocenters. The van der Waals surface area contributed by atoms with Crippen molar-refractivity contribution in [2.24, 2.45) is 0 Å². The van der Waals surface area contributed by atoms with Crippen LogP contribution in [0.25, 0.3) is 11.5 Å². The van der Waals surface area contributed by atoms with Crippen molar-refractivity contribution in [2.45, 2.75) is 26.9 Å². The number of hydrogen-bond acceptors (Lipinski definition) is 8. The number of carbonyl (C=O) groups is 1. The lowest BCUT2D eigenvalue weighted by atomic mass is 10.2. The number of carbonyl (C=O) groups excluding carboxylic acids is 1. The van der Waals surface area contributed by atoms with Crippen LogP contribution in [0.1, 0.15) is 40.8 Å². The first-order chi connectivity index (χ1) is 12.3. The normalized spacial score (nSPS) is 12.0. The largest absolute Gasteiger partial charge is 0.466 e. The number of aryl methyl sites for hydroxylation is 2. The van der Waals surface area contributed by atoms with E-state index in [-0.39, 0.29) is 17.5 Å². The Bertz CT molecular complexity index is 957. The van der Waals surface area contributed by atoms with Gasteiger partial charge in [-0.3, -0.25) is 10.1 Å². The zero-order valence-electron chi connectivity index (χ0n) is 14.3. The highest BCUT2D eigenvalue weighted by Gasteiger charge is 2.22. The van der Waals surface area contributed by atoms with E-state index >= 15 is 0 Å². The van der Waals surface area contributed by atoms with Crippen LogP contribution in [0.4, 0.5) is 5.69 Å². The third-order valence-electron chi connectivity index (χ3n) is 3.66. The second-order valence-electron chi connectivity index (χ2n) is 5.62. The number of hydrogen-bond donors (Lipinski definition) is 0. The predicted octanol–water partition coefficient (Wildman–Crippen LogP) is 3.77. The van der Waals surface area contributed by atoms with Gasteiger partial charge in [-0.1, -0.05) is 0 Å². The van der Waals surface area contributed by atoms with Gasteiger partial charge in [0, 0.05) is 17.7 Å². The Balaban J connectivity index is 1.73. The van der Waals surface area contributed by atoms with E-state index < -0.39 is 17.0 Å². The zero-order chi connectivity index (χ0) is 18.8. The summed E-state index contributed by atoms with van der Waals surface area (Å²) in [5, 5.41) is 18.4. The summed E-state index contributed by atoms with van der Waals surface area (Å²) in [6, 6.07) is 7.28. The molecule has 3 aromatic rings. The molecule has 9 heteroatoms. The molecule has 2 heterocycles. The number of nitro groups is 1. The number of furan rings is 1. The lowest BCUT2D eigenvalue weighted by Gasteiger charge is -2.08. The first kappa shape index (κ1) is 17.3. The van der Waals surface area contributed by atoms with E-state index in [1.165, 1.54) is 24.3 Å². The number of non-ortho nitro benzene ring substituents is 1. The number of nitro benzene ring substituents is 1. The van der Waals surface area contributed by atoms with Gasteiger partial charge >= 0.3 is 5.97 Å². The van der Waals surface area contributed by atoms with E-state index in [1.54, 1.807) is 26.8 Å². The molecule has 9 nitrogen and oxygen atoms in total. The number of aromatic nitrogens is 2. The molecule has 0 aliphatic rings. The van der Waals surface area contributed by atoms with Gasteiger partial charge in [0.25, 0.3) is 11.6 Å². The van der Waals surface area contributed by atoms with Gasteiger partial charge in [0.2, 0.25) is 5.89 Å². The number of esters is 1. The predicted molar refractivity (Wildman–Crippen MR) is 88.4 cm³/mol. The Morgan fingerprint density at radius 3 is 2.46 bits per heavy atom. The monoisotopic (exact) mass is 357 g/mol. The van der Waals surface area contributed by atoms with Crippen LogP contribution in [0, 0.1) is 24.0 Å². The van der Waals surface area contributed by atoms with Gasteiger partial charge in [0.1, 0.15) is 17.1 Å². The number of rotatable bonds is 5. The molecule has 0 aliphatic heterocycles. The highest BCUT2D eigenvalue weighted by atomic mass is 16.6. The highest BCUT2D eigenvalue weighted by molar-refractivity contribution is 5.90. The van der Waals surface area contributed by atoms with E-state index in [0.717, 1.165) is 0 Å². The van der Waals surface area contributed by atoms with Gasteiger partial charge in [-0.2, -0.15) is 0 Å². The van der Waals surface area contributed by atoms with Crippen LogP contribution in [0.5, 0.6) is 0 Å². The summed E-state index contributed by atoms with van der Waals surface area (Å²) in [5.74, 6) is 0.816. The van der Waals surface area contributed by atoms with Crippen LogP contribution < -0.4 is 0 Å². The number of benzene rings is 1. The summed E-state index contributed by atoms with van der Waals surface area (Å²) < 4.78 is 16.2. The van der Waals surface area contributed by atoms with Crippen molar-refractivity contribution >= 4 is 11.7 Å². The highest BCUT2D eigenvalue weighted by Crippen LogP contribution is 2.25. The molecule has 0 spiro atoms. The molecule has 0 bridgehead atoms. The first-order valence-electron chi connectivity index (χ1n) is 7.71. The molecular formula is C17H15N3O6. The Morgan fingerprint density at radius 2 is 1.88 bits per heavy atom. The molecule has 3 rings (SSSR count). The van der Waals surface area contributed by atoms with Crippen LogP contribution in [-0.2, 0) is 4.74 Å². The van der Waals surface area contributed by atoms with E-state index in [2.05, 4.69) is 10.2 Å². The fourth-order valence-electron chi connectivity index (χ4n) is 2.35. The topological polar surface area (TPSA) is 122 Å². The average molecular weight is 357 g/mol. The van der Waals surface area contributed by atoms with Crippen LogP contribution in [0.2, 0.25) is 0 Å². The van der Waals surface area contributed by atoms with Crippen LogP contribution in [0.15, 0.2) is 39.2 Å². The van der Waals surface area contributed by atoms with Crippen molar-refractivity contribution in [3.8, 4) is 11.5 Å². The van der Waals surface area contributed by atoms with Gasteiger partial charge in [0.05, 0.1) is 4.92 Å². The molecule has 134 valence electrons. The van der Waals surface area contributed by atoms with Gasteiger partial charge < -0.3 is 13.6 Å². The number of nitrogens with zero attached hydrogens (tertiary/aromatic N) is 3. The molecule has 0 saturated heterocycles. The second-order valence-corrected chi connectivity index (χ2v) is 5.62. The minimum atomic E-state index is -0.767. The quantitative estimate of drug-likeness (QED) is 0.384. The lowest BCUT2D eigenvalue weighted by molar-refractivity contribution is -0.384. The summed E-state index contributed by atoms with van der Waals surface area (Å²) in [6.45, 7) is 5.02. The third-order valence-corrected chi connectivity index (χ3v) is 3.66. The van der Waals surface area contributed by atoms with Crippen molar-refractivity contribution in [3.05, 3.63) is 63.4 Å². The molecule has 0 fully saturated rings. The van der Waals surface area contributed by atoms with Crippen molar-refractivity contribution in [1.82, 2.24) is 10.2 Å². The Hall–Kier alpha value is -3.49. The molecule has 0 aliphatic carbocycles. The summed E-state index contributed by atoms with van der Waals surface area (Å²) in [4.78, 5) is 22.4. The third kappa shape index (κ3) is 3.46. The maximum Gasteiger partial charge on any atom is 0.342 e. The molecular weight excluding hydrogens is 342 g/mol. The second kappa shape index (κ2) is 6.79. The molecule has 0 radical (unpaired) electrons. The van der Waals surface area contributed by atoms with Crippen molar-refractivity contribution < 1.29 is 23.3 Å². The van der Waals surface area contributed by atoms with E-state index in [0.29, 0.717) is 22.6 Å². The standard InChI is InChI=1S/C17H15N3O6/c1-9-8-14(10(2)24-9)17(21)25-11(3)15-18-19-16(26-15)12-4-6-13(7-5-12)20(22)23/h4-8,11H,1-3H3/t11-/m1/s1. The maximum atomic E-state index is 12.2. The molecule has 0 amide bonds. The Kier molecular flexibility index (Phi) is 4.53. The smallest absolute Gasteiger partial charge is 0.342 e. The van der Waals surface area contributed by atoms with Crippen LogP contribution >= 0.6 is 0 Å². The fraction of sp³-hybridized carbons (Fsp3) is 0.235. The summed E-state index contributed by atoms with van der Waals surface area (Å²) in [6.07, 6.45) is -0.767. The van der Waals surface area contributed by atoms with Crippen molar-refractivity contribution in [2.75, 3.05) is 0 Å². The minimum absolute atomic E-state index is 0.0402. The lowest BCUT2D eigenvalue weighted by Crippen LogP contribution is -2.09. The summed E-state index contributed by atoms with van der Waals surface area (Å²) in [7, 11) is 0. The minimum Gasteiger partial charge on any atom is -0.466 e. The number of ether oxygens (including phenoxy) is 1. The van der Waals surface area contributed by atoms with Crippen LogP contribution in [-0.4, -0.2) is 21.1 Å². The van der Waals surface area contributed by atoms with E-state index in [9.17, 15) is 14.9 Å². The SMILES string of the molecule is Cc1cc(C(=O)O[C@H](C)c2nnc(-c3ccc([N+](=O)[O-])cc3)o2)c(C)o1. The first-order valence-corrected chi connectivity index (χ1v) is 7.71. The average Bonchev–Trinajstić information content (AvgIpc) is 3.21. The van der Waals surface area contributed by atoms with E-state index in [1.807, 2.05) is 0 Å². The van der Waals surface area contributed by atoms with Gasteiger partial charge in [-0.05, 0) is 39.0 Å². The van der Waals surface area contributed by atoms with Crippen LogP contribution in [0.3, 0.4) is 0 Å². The zero-order valence-corrected chi connectivity index (χ0v) is 14.3.